The average Bonchev–Trinajstić information content (AvgIpc) is 3.44. The molecule has 1 aliphatic heterocycles. The first-order valence-corrected chi connectivity index (χ1v) is 12.3. The molecule has 1 saturated heterocycles. The highest BCUT2D eigenvalue weighted by Gasteiger charge is 2.42. The SMILES string of the molecule is CC(C)c1ccc(N2C(=S)N[C@H](c3ccccn3)[C@H]2c2ccc(-c3ccc(F)cc3Br)o2)cc1. The first kappa shape index (κ1) is 22.7. The van der Waals surface area contributed by atoms with Gasteiger partial charge in [0.1, 0.15) is 23.4 Å². The van der Waals surface area contributed by atoms with E-state index in [2.05, 4.69) is 69.2 Å². The fourth-order valence-electron chi connectivity index (χ4n) is 4.29. The summed E-state index contributed by atoms with van der Waals surface area (Å²) >= 11 is 9.24. The fourth-order valence-corrected chi connectivity index (χ4v) is 5.18. The Kier molecular flexibility index (Phi) is 6.23. The van der Waals surface area contributed by atoms with Crippen molar-refractivity contribution in [1.29, 1.82) is 0 Å². The summed E-state index contributed by atoms with van der Waals surface area (Å²) in [6.07, 6.45) is 1.78. The van der Waals surface area contributed by atoms with E-state index in [-0.39, 0.29) is 17.9 Å². The number of anilines is 1. The summed E-state index contributed by atoms with van der Waals surface area (Å²) in [6, 6.07) is 22.3. The van der Waals surface area contributed by atoms with Crippen LogP contribution in [0.1, 0.15) is 48.9 Å². The van der Waals surface area contributed by atoms with E-state index >= 15 is 0 Å². The molecule has 0 unspecified atom stereocenters. The van der Waals surface area contributed by atoms with E-state index in [9.17, 15) is 4.39 Å². The number of hydrogen-bond acceptors (Lipinski definition) is 3. The van der Waals surface area contributed by atoms with E-state index in [0.717, 1.165) is 22.7 Å². The van der Waals surface area contributed by atoms with E-state index < -0.39 is 0 Å². The minimum absolute atomic E-state index is 0.200. The number of thiocarbonyl (C=S) groups is 1. The van der Waals surface area contributed by atoms with Crippen LogP contribution >= 0.6 is 28.1 Å². The molecule has 7 heteroatoms. The van der Waals surface area contributed by atoms with Crippen molar-refractivity contribution in [2.75, 3.05) is 4.90 Å². The Morgan fingerprint density at radius 2 is 1.85 bits per heavy atom. The number of benzene rings is 2. The molecule has 0 bridgehead atoms. The van der Waals surface area contributed by atoms with Gasteiger partial charge in [-0.25, -0.2) is 4.39 Å². The molecule has 4 nitrogen and oxygen atoms in total. The number of pyridine rings is 1. The molecule has 0 aliphatic carbocycles. The number of aromatic nitrogens is 1. The van der Waals surface area contributed by atoms with Gasteiger partial charge >= 0.3 is 0 Å². The zero-order valence-electron chi connectivity index (χ0n) is 18.7. The quantitative estimate of drug-likeness (QED) is 0.267. The maximum Gasteiger partial charge on any atom is 0.174 e. The predicted molar refractivity (Wildman–Crippen MR) is 140 cm³/mol. The lowest BCUT2D eigenvalue weighted by atomic mass is 10.0. The maximum atomic E-state index is 13.6. The van der Waals surface area contributed by atoms with Crippen LogP contribution in [-0.4, -0.2) is 10.1 Å². The van der Waals surface area contributed by atoms with Crippen LogP contribution in [0, 0.1) is 5.82 Å². The van der Waals surface area contributed by atoms with Gasteiger partial charge in [0.15, 0.2) is 5.11 Å². The number of nitrogens with one attached hydrogen (secondary N) is 1. The van der Waals surface area contributed by atoms with Crippen molar-refractivity contribution in [3.05, 3.63) is 106 Å². The van der Waals surface area contributed by atoms with Gasteiger partial charge in [0, 0.05) is 21.9 Å². The molecule has 172 valence electrons. The van der Waals surface area contributed by atoms with Crippen LogP contribution in [0.4, 0.5) is 10.1 Å². The monoisotopic (exact) mass is 535 g/mol. The Morgan fingerprint density at radius 3 is 2.53 bits per heavy atom. The molecule has 5 rings (SSSR count). The second-order valence-electron chi connectivity index (χ2n) is 8.57. The van der Waals surface area contributed by atoms with Gasteiger partial charge in [0.25, 0.3) is 0 Å². The number of halogens is 2. The Morgan fingerprint density at radius 1 is 1.06 bits per heavy atom. The van der Waals surface area contributed by atoms with E-state index in [1.165, 1.54) is 17.7 Å². The largest absolute Gasteiger partial charge is 0.459 e. The molecule has 0 amide bonds. The first-order chi connectivity index (χ1) is 16.4. The van der Waals surface area contributed by atoms with Crippen molar-refractivity contribution in [3.8, 4) is 11.3 Å². The Hall–Kier alpha value is -3.03. The summed E-state index contributed by atoms with van der Waals surface area (Å²) in [7, 11) is 0. The lowest BCUT2D eigenvalue weighted by Crippen LogP contribution is -2.29. The van der Waals surface area contributed by atoms with Gasteiger partial charge < -0.3 is 14.6 Å². The van der Waals surface area contributed by atoms with Crippen LogP contribution in [0.3, 0.4) is 0 Å². The molecular formula is C27H23BrFN3OS. The standard InChI is InChI=1S/C27H23BrFN3OS/c1-16(2)17-6-9-19(10-7-17)32-26(25(31-27(32)34)22-5-3-4-14-30-22)24-13-12-23(33-24)20-11-8-18(29)15-21(20)28/h3-16,25-26H,1-2H3,(H,31,34)/t25-,26-/m1/s1. The highest BCUT2D eigenvalue weighted by atomic mass is 79.9. The van der Waals surface area contributed by atoms with Crippen LogP contribution in [0.5, 0.6) is 0 Å². The molecule has 1 fully saturated rings. The molecule has 2 atom stereocenters. The topological polar surface area (TPSA) is 41.3 Å². The van der Waals surface area contributed by atoms with Crippen molar-refractivity contribution in [2.24, 2.45) is 0 Å². The average molecular weight is 536 g/mol. The van der Waals surface area contributed by atoms with Gasteiger partial charge in [0.2, 0.25) is 0 Å². The fraction of sp³-hybridized carbons (Fsp3) is 0.185. The molecule has 4 aromatic rings. The number of hydrogen-bond donors (Lipinski definition) is 1. The van der Waals surface area contributed by atoms with Crippen molar-refractivity contribution in [1.82, 2.24) is 10.3 Å². The third-order valence-corrected chi connectivity index (χ3v) is 7.02. The van der Waals surface area contributed by atoms with Gasteiger partial charge in [-0.2, -0.15) is 0 Å². The van der Waals surface area contributed by atoms with Crippen LogP contribution < -0.4 is 10.2 Å². The van der Waals surface area contributed by atoms with Crippen molar-refractivity contribution < 1.29 is 8.81 Å². The number of furan rings is 1. The smallest absolute Gasteiger partial charge is 0.174 e. The zero-order valence-corrected chi connectivity index (χ0v) is 21.1. The zero-order chi connectivity index (χ0) is 23.8. The van der Waals surface area contributed by atoms with Gasteiger partial charge in [-0.3, -0.25) is 4.98 Å². The molecule has 34 heavy (non-hydrogen) atoms. The van der Waals surface area contributed by atoms with E-state index in [1.807, 2.05) is 30.3 Å². The summed E-state index contributed by atoms with van der Waals surface area (Å²) in [4.78, 5) is 6.67. The molecule has 0 radical (unpaired) electrons. The second-order valence-corrected chi connectivity index (χ2v) is 9.81. The molecule has 2 aromatic heterocycles. The highest BCUT2D eigenvalue weighted by Crippen LogP contribution is 2.43. The van der Waals surface area contributed by atoms with Crippen LogP contribution in [-0.2, 0) is 0 Å². The Bertz CT molecular complexity index is 1320. The molecular weight excluding hydrogens is 513 g/mol. The molecule has 1 N–H and O–H groups in total. The highest BCUT2D eigenvalue weighted by molar-refractivity contribution is 9.10. The van der Waals surface area contributed by atoms with Crippen LogP contribution in [0.15, 0.2) is 87.9 Å². The first-order valence-electron chi connectivity index (χ1n) is 11.1. The predicted octanol–water partition coefficient (Wildman–Crippen LogP) is 7.54. The maximum absolute atomic E-state index is 13.6. The van der Waals surface area contributed by atoms with Gasteiger partial charge in [-0.1, -0.05) is 32.0 Å². The van der Waals surface area contributed by atoms with Gasteiger partial charge in [-0.05, 0) is 94.2 Å². The normalized spacial score (nSPS) is 17.9. The lowest BCUT2D eigenvalue weighted by molar-refractivity contribution is 0.439. The summed E-state index contributed by atoms with van der Waals surface area (Å²) in [5.74, 6) is 1.52. The molecule has 1 aliphatic rings. The number of rotatable bonds is 5. The Labute approximate surface area is 212 Å². The van der Waals surface area contributed by atoms with Crippen molar-refractivity contribution in [3.63, 3.8) is 0 Å². The van der Waals surface area contributed by atoms with Crippen LogP contribution in [0.2, 0.25) is 0 Å². The third-order valence-electron chi connectivity index (χ3n) is 6.05. The van der Waals surface area contributed by atoms with Crippen molar-refractivity contribution >= 4 is 38.9 Å². The van der Waals surface area contributed by atoms with E-state index in [1.54, 1.807) is 12.3 Å². The van der Waals surface area contributed by atoms with Crippen LogP contribution in [0.25, 0.3) is 11.3 Å². The van der Waals surface area contributed by atoms with Gasteiger partial charge in [-0.15, -0.1) is 0 Å². The van der Waals surface area contributed by atoms with Crippen molar-refractivity contribution in [2.45, 2.75) is 31.8 Å². The summed E-state index contributed by atoms with van der Waals surface area (Å²) in [6.45, 7) is 4.35. The van der Waals surface area contributed by atoms with Gasteiger partial charge in [0.05, 0.1) is 11.7 Å². The lowest BCUT2D eigenvalue weighted by Gasteiger charge is -2.26. The number of nitrogens with zero attached hydrogens (tertiary/aromatic N) is 2. The molecule has 3 heterocycles. The summed E-state index contributed by atoms with van der Waals surface area (Å²) in [5.41, 5.74) is 3.90. The molecule has 2 aromatic carbocycles. The van der Waals surface area contributed by atoms with E-state index in [0.29, 0.717) is 21.3 Å². The minimum Gasteiger partial charge on any atom is -0.459 e. The minimum atomic E-state index is -0.306. The Balaban J connectivity index is 1.58. The molecule has 0 saturated carbocycles. The third kappa shape index (κ3) is 4.26. The second kappa shape index (κ2) is 9.31. The molecule has 0 spiro atoms. The summed E-state index contributed by atoms with van der Waals surface area (Å²) in [5, 5.41) is 4.06. The van der Waals surface area contributed by atoms with E-state index in [4.69, 9.17) is 16.6 Å². The summed E-state index contributed by atoms with van der Waals surface area (Å²) < 4.78 is 20.6.